The maximum Gasteiger partial charge on any atom is 0.325 e. The minimum Gasteiger partial charge on any atom is -0.468 e. The number of methoxy groups -OCH3 is 1. The SMILES string of the molecule is CCCc1nc(C(=O)NCC(=O)OC)n[nH]1. The number of ether oxygens (including phenoxy) is 1. The standard InChI is InChI=1S/C9H14N4O3/c1-3-4-6-11-8(13-12-6)9(15)10-5-7(14)16-2/h3-5H2,1-2H3,(H,10,15)(H,11,12,13). The maximum atomic E-state index is 11.4. The van der Waals surface area contributed by atoms with E-state index in [1.54, 1.807) is 0 Å². The van der Waals surface area contributed by atoms with Gasteiger partial charge in [-0.1, -0.05) is 6.92 Å². The Morgan fingerprint density at radius 1 is 1.50 bits per heavy atom. The van der Waals surface area contributed by atoms with E-state index in [-0.39, 0.29) is 12.4 Å². The Kier molecular flexibility index (Phi) is 4.43. The van der Waals surface area contributed by atoms with Gasteiger partial charge < -0.3 is 10.1 Å². The maximum absolute atomic E-state index is 11.4. The second-order valence-corrected chi connectivity index (χ2v) is 3.11. The van der Waals surface area contributed by atoms with E-state index in [9.17, 15) is 9.59 Å². The van der Waals surface area contributed by atoms with E-state index in [0.29, 0.717) is 5.82 Å². The van der Waals surface area contributed by atoms with Gasteiger partial charge in [-0.3, -0.25) is 14.7 Å². The van der Waals surface area contributed by atoms with Gasteiger partial charge in [-0.15, -0.1) is 5.10 Å². The van der Waals surface area contributed by atoms with Crippen molar-refractivity contribution in [1.82, 2.24) is 20.5 Å². The topological polar surface area (TPSA) is 97.0 Å². The molecular formula is C9H14N4O3. The van der Waals surface area contributed by atoms with Crippen LogP contribution in [0.25, 0.3) is 0 Å². The van der Waals surface area contributed by atoms with Gasteiger partial charge >= 0.3 is 5.97 Å². The highest BCUT2D eigenvalue weighted by atomic mass is 16.5. The van der Waals surface area contributed by atoms with Gasteiger partial charge in [0.25, 0.3) is 5.91 Å². The van der Waals surface area contributed by atoms with Crippen LogP contribution in [0.2, 0.25) is 0 Å². The molecule has 1 heterocycles. The number of carbonyl (C=O) groups is 2. The van der Waals surface area contributed by atoms with E-state index >= 15 is 0 Å². The van der Waals surface area contributed by atoms with E-state index in [0.717, 1.165) is 12.8 Å². The predicted molar refractivity (Wildman–Crippen MR) is 54.7 cm³/mol. The Hall–Kier alpha value is -1.92. The van der Waals surface area contributed by atoms with Crippen LogP contribution in [-0.2, 0) is 16.0 Å². The number of H-pyrrole nitrogens is 1. The monoisotopic (exact) mass is 226 g/mol. The number of nitrogens with one attached hydrogen (secondary N) is 2. The van der Waals surface area contributed by atoms with Crippen LogP contribution < -0.4 is 5.32 Å². The lowest BCUT2D eigenvalue weighted by atomic mass is 10.3. The van der Waals surface area contributed by atoms with Crippen molar-refractivity contribution in [3.8, 4) is 0 Å². The Morgan fingerprint density at radius 2 is 2.25 bits per heavy atom. The number of esters is 1. The molecule has 0 aliphatic heterocycles. The summed E-state index contributed by atoms with van der Waals surface area (Å²) in [4.78, 5) is 26.2. The van der Waals surface area contributed by atoms with Gasteiger partial charge in [-0.05, 0) is 6.42 Å². The van der Waals surface area contributed by atoms with E-state index in [4.69, 9.17) is 0 Å². The number of hydrogen-bond donors (Lipinski definition) is 2. The minimum atomic E-state index is -0.516. The molecule has 2 N–H and O–H groups in total. The molecule has 0 bridgehead atoms. The first-order valence-corrected chi connectivity index (χ1v) is 4.93. The van der Waals surface area contributed by atoms with E-state index in [1.165, 1.54) is 7.11 Å². The molecule has 7 nitrogen and oxygen atoms in total. The highest BCUT2D eigenvalue weighted by Crippen LogP contribution is 1.96. The predicted octanol–water partition coefficient (Wildman–Crippen LogP) is -0.340. The van der Waals surface area contributed by atoms with Crippen molar-refractivity contribution in [1.29, 1.82) is 0 Å². The Balaban J connectivity index is 2.49. The van der Waals surface area contributed by atoms with Gasteiger partial charge in [0.15, 0.2) is 0 Å². The summed E-state index contributed by atoms with van der Waals surface area (Å²) in [5.74, 6) is -0.320. The van der Waals surface area contributed by atoms with Crippen molar-refractivity contribution in [2.45, 2.75) is 19.8 Å². The summed E-state index contributed by atoms with van der Waals surface area (Å²) >= 11 is 0. The number of rotatable bonds is 5. The van der Waals surface area contributed by atoms with Crippen molar-refractivity contribution >= 4 is 11.9 Å². The first-order chi connectivity index (χ1) is 7.67. The largest absolute Gasteiger partial charge is 0.468 e. The summed E-state index contributed by atoms with van der Waals surface area (Å²) in [5.41, 5.74) is 0. The molecule has 0 aliphatic carbocycles. The molecule has 1 aromatic heterocycles. The molecule has 0 spiro atoms. The minimum absolute atomic E-state index is 0.0346. The lowest BCUT2D eigenvalue weighted by molar-refractivity contribution is -0.139. The highest BCUT2D eigenvalue weighted by Gasteiger charge is 2.13. The van der Waals surface area contributed by atoms with E-state index in [2.05, 4.69) is 25.2 Å². The van der Waals surface area contributed by atoms with Crippen LogP contribution in [0.1, 0.15) is 29.8 Å². The molecule has 88 valence electrons. The zero-order chi connectivity index (χ0) is 12.0. The molecule has 0 atom stereocenters. The fourth-order valence-corrected chi connectivity index (χ4v) is 1.05. The van der Waals surface area contributed by atoms with Crippen molar-refractivity contribution in [3.63, 3.8) is 0 Å². The number of hydrogen-bond acceptors (Lipinski definition) is 5. The molecule has 1 aromatic rings. The number of amides is 1. The Morgan fingerprint density at radius 3 is 2.88 bits per heavy atom. The molecule has 0 aliphatic rings. The lowest BCUT2D eigenvalue weighted by Gasteiger charge is -1.99. The summed E-state index contributed by atoms with van der Waals surface area (Å²) < 4.78 is 4.38. The fourth-order valence-electron chi connectivity index (χ4n) is 1.05. The summed E-state index contributed by atoms with van der Waals surface area (Å²) in [5, 5.41) is 8.74. The van der Waals surface area contributed by atoms with Gasteiger partial charge in [-0.25, -0.2) is 4.98 Å². The lowest BCUT2D eigenvalue weighted by Crippen LogP contribution is -2.30. The molecule has 1 amide bonds. The van der Waals surface area contributed by atoms with Gasteiger partial charge in [-0.2, -0.15) is 0 Å². The van der Waals surface area contributed by atoms with Gasteiger partial charge in [0.1, 0.15) is 12.4 Å². The highest BCUT2D eigenvalue weighted by molar-refractivity contribution is 5.92. The summed E-state index contributed by atoms with van der Waals surface area (Å²) in [6, 6.07) is 0. The van der Waals surface area contributed by atoms with Crippen LogP contribution in [0, 0.1) is 0 Å². The molecule has 0 radical (unpaired) electrons. The van der Waals surface area contributed by atoms with Crippen molar-refractivity contribution < 1.29 is 14.3 Å². The normalized spacial score (nSPS) is 9.88. The zero-order valence-corrected chi connectivity index (χ0v) is 9.24. The number of aromatic amines is 1. The van der Waals surface area contributed by atoms with Gasteiger partial charge in [0.05, 0.1) is 7.11 Å². The smallest absolute Gasteiger partial charge is 0.325 e. The zero-order valence-electron chi connectivity index (χ0n) is 9.24. The third kappa shape index (κ3) is 3.34. The third-order valence-corrected chi connectivity index (χ3v) is 1.84. The molecule has 1 rings (SSSR count). The van der Waals surface area contributed by atoms with E-state index in [1.807, 2.05) is 6.92 Å². The number of aromatic nitrogens is 3. The average Bonchev–Trinajstić information content (AvgIpc) is 2.74. The van der Waals surface area contributed by atoms with Crippen LogP contribution >= 0.6 is 0 Å². The third-order valence-electron chi connectivity index (χ3n) is 1.84. The number of aryl methyl sites for hydroxylation is 1. The Labute approximate surface area is 92.6 Å². The average molecular weight is 226 g/mol. The quantitative estimate of drug-likeness (QED) is 0.669. The van der Waals surface area contributed by atoms with Crippen molar-refractivity contribution in [2.75, 3.05) is 13.7 Å². The molecule has 7 heteroatoms. The molecule has 0 fully saturated rings. The number of nitrogens with zero attached hydrogens (tertiary/aromatic N) is 2. The Bertz CT molecular complexity index is 375. The summed E-state index contributed by atoms with van der Waals surface area (Å²) in [6.07, 6.45) is 1.65. The van der Waals surface area contributed by atoms with Crippen LogP contribution in [0.5, 0.6) is 0 Å². The van der Waals surface area contributed by atoms with E-state index < -0.39 is 11.9 Å². The summed E-state index contributed by atoms with van der Waals surface area (Å²) in [6.45, 7) is 1.81. The summed E-state index contributed by atoms with van der Waals surface area (Å²) in [7, 11) is 1.25. The molecule has 0 aromatic carbocycles. The fraction of sp³-hybridized carbons (Fsp3) is 0.556. The van der Waals surface area contributed by atoms with Crippen LogP contribution in [0.15, 0.2) is 0 Å². The number of carbonyl (C=O) groups excluding carboxylic acids is 2. The van der Waals surface area contributed by atoms with Gasteiger partial charge in [0, 0.05) is 6.42 Å². The second-order valence-electron chi connectivity index (χ2n) is 3.11. The molecule has 16 heavy (non-hydrogen) atoms. The van der Waals surface area contributed by atoms with Crippen molar-refractivity contribution in [3.05, 3.63) is 11.6 Å². The molecule has 0 saturated carbocycles. The van der Waals surface area contributed by atoms with Crippen LogP contribution in [0.3, 0.4) is 0 Å². The molecular weight excluding hydrogens is 212 g/mol. The first-order valence-electron chi connectivity index (χ1n) is 4.93. The molecule has 0 saturated heterocycles. The second kappa shape index (κ2) is 5.84. The van der Waals surface area contributed by atoms with Gasteiger partial charge in [0.2, 0.25) is 5.82 Å². The van der Waals surface area contributed by atoms with Crippen LogP contribution in [-0.4, -0.2) is 40.7 Å². The van der Waals surface area contributed by atoms with Crippen molar-refractivity contribution in [2.24, 2.45) is 0 Å². The first kappa shape index (κ1) is 12.2. The van der Waals surface area contributed by atoms with Crippen LogP contribution in [0.4, 0.5) is 0 Å². The molecule has 0 unspecified atom stereocenters.